The van der Waals surface area contributed by atoms with E-state index in [-0.39, 0.29) is 6.10 Å². The van der Waals surface area contributed by atoms with E-state index in [0.717, 1.165) is 50.5 Å². The van der Waals surface area contributed by atoms with Gasteiger partial charge in [0.15, 0.2) is 5.96 Å². The Morgan fingerprint density at radius 1 is 1.36 bits per heavy atom. The number of rotatable bonds is 5. The molecule has 2 aliphatic heterocycles. The summed E-state index contributed by atoms with van der Waals surface area (Å²) < 4.78 is 5.54. The van der Waals surface area contributed by atoms with Crippen molar-refractivity contribution < 1.29 is 4.74 Å². The van der Waals surface area contributed by atoms with E-state index in [1.165, 1.54) is 12.8 Å². The van der Waals surface area contributed by atoms with Gasteiger partial charge < -0.3 is 20.7 Å². The second-order valence-corrected chi connectivity index (χ2v) is 5.94. The number of nitrogens with zero attached hydrogens (tertiary/aromatic N) is 3. The minimum atomic E-state index is 0.273. The minimum Gasteiger partial charge on any atom is -0.376 e. The Labute approximate surface area is 131 Å². The van der Waals surface area contributed by atoms with Crippen molar-refractivity contribution >= 4 is 11.8 Å². The summed E-state index contributed by atoms with van der Waals surface area (Å²) in [6, 6.07) is 4.16. The quantitative estimate of drug-likeness (QED) is 0.633. The van der Waals surface area contributed by atoms with Crippen molar-refractivity contribution in [2.45, 2.75) is 38.3 Å². The maximum Gasteiger partial charge on any atom is 0.189 e. The lowest BCUT2D eigenvalue weighted by atomic mass is 10.2. The van der Waals surface area contributed by atoms with E-state index in [0.29, 0.717) is 12.5 Å². The van der Waals surface area contributed by atoms with Gasteiger partial charge in [0.05, 0.1) is 12.6 Å². The number of nitrogens with one attached hydrogen (secondary N) is 1. The standard InChI is InChI=1S/C16H25N5O/c17-16(20-12-14-4-3-9-22-14)19-11-13-5-6-15(18-10-13)21-7-1-2-8-21/h5-6,10,14H,1-4,7-9,11-12H2,(H3,17,19,20). The molecule has 0 aliphatic carbocycles. The van der Waals surface area contributed by atoms with Crippen LogP contribution in [0.1, 0.15) is 31.2 Å². The summed E-state index contributed by atoms with van der Waals surface area (Å²) in [5, 5.41) is 3.13. The smallest absolute Gasteiger partial charge is 0.189 e. The van der Waals surface area contributed by atoms with Crippen LogP contribution in [0.2, 0.25) is 0 Å². The van der Waals surface area contributed by atoms with Gasteiger partial charge in [0, 0.05) is 32.4 Å². The van der Waals surface area contributed by atoms with Crippen LogP contribution >= 0.6 is 0 Å². The molecule has 0 amide bonds. The van der Waals surface area contributed by atoms with Crippen LogP contribution in [0.5, 0.6) is 0 Å². The number of anilines is 1. The third-order valence-electron chi connectivity index (χ3n) is 4.21. The number of pyridine rings is 1. The van der Waals surface area contributed by atoms with Crippen LogP contribution < -0.4 is 16.0 Å². The molecule has 0 radical (unpaired) electrons. The Kier molecular flexibility index (Phi) is 5.11. The highest BCUT2D eigenvalue weighted by molar-refractivity contribution is 5.77. The van der Waals surface area contributed by atoms with Crippen molar-refractivity contribution in [3.05, 3.63) is 23.9 Å². The molecule has 1 aromatic heterocycles. The first-order valence-electron chi connectivity index (χ1n) is 8.16. The monoisotopic (exact) mass is 303 g/mol. The zero-order valence-electron chi connectivity index (χ0n) is 13.0. The summed E-state index contributed by atoms with van der Waals surface area (Å²) >= 11 is 0. The second-order valence-electron chi connectivity index (χ2n) is 5.94. The molecular formula is C16H25N5O. The topological polar surface area (TPSA) is 75.8 Å². The fourth-order valence-electron chi connectivity index (χ4n) is 2.90. The van der Waals surface area contributed by atoms with Crippen molar-refractivity contribution in [2.24, 2.45) is 10.7 Å². The maximum absolute atomic E-state index is 5.88. The largest absolute Gasteiger partial charge is 0.376 e. The molecule has 0 spiro atoms. The zero-order valence-corrected chi connectivity index (χ0v) is 13.0. The van der Waals surface area contributed by atoms with E-state index in [4.69, 9.17) is 10.5 Å². The third-order valence-corrected chi connectivity index (χ3v) is 4.21. The van der Waals surface area contributed by atoms with Crippen molar-refractivity contribution in [1.82, 2.24) is 10.3 Å². The molecule has 0 aromatic carbocycles. The second kappa shape index (κ2) is 7.45. The zero-order chi connectivity index (χ0) is 15.2. The van der Waals surface area contributed by atoms with Gasteiger partial charge in [-0.05, 0) is 37.3 Å². The highest BCUT2D eigenvalue weighted by Crippen LogP contribution is 2.17. The summed E-state index contributed by atoms with van der Waals surface area (Å²) in [7, 11) is 0. The maximum atomic E-state index is 5.88. The van der Waals surface area contributed by atoms with Gasteiger partial charge >= 0.3 is 0 Å². The summed E-state index contributed by atoms with van der Waals surface area (Å²) in [6.07, 6.45) is 6.93. The van der Waals surface area contributed by atoms with Crippen LogP contribution in [-0.2, 0) is 11.3 Å². The van der Waals surface area contributed by atoms with E-state index in [1.807, 2.05) is 6.20 Å². The van der Waals surface area contributed by atoms with Crippen molar-refractivity contribution in [1.29, 1.82) is 0 Å². The number of hydrogen-bond donors (Lipinski definition) is 2. The van der Waals surface area contributed by atoms with Gasteiger partial charge in [-0.15, -0.1) is 0 Å². The molecule has 2 fully saturated rings. The Hall–Kier alpha value is -1.82. The molecule has 3 rings (SSSR count). The predicted molar refractivity (Wildman–Crippen MR) is 88.0 cm³/mol. The van der Waals surface area contributed by atoms with Gasteiger partial charge in [-0.1, -0.05) is 6.07 Å². The van der Waals surface area contributed by atoms with Crippen LogP contribution in [-0.4, -0.2) is 43.3 Å². The molecule has 2 aliphatic rings. The van der Waals surface area contributed by atoms with Crippen LogP contribution in [0.15, 0.2) is 23.3 Å². The Morgan fingerprint density at radius 3 is 2.91 bits per heavy atom. The van der Waals surface area contributed by atoms with Gasteiger partial charge in [-0.2, -0.15) is 0 Å². The first-order chi connectivity index (χ1) is 10.8. The lowest BCUT2D eigenvalue weighted by Crippen LogP contribution is -2.37. The molecule has 3 N–H and O–H groups in total. The van der Waals surface area contributed by atoms with Crippen molar-refractivity contribution in [3.63, 3.8) is 0 Å². The van der Waals surface area contributed by atoms with E-state index in [2.05, 4.69) is 32.3 Å². The first kappa shape index (κ1) is 15.1. The Morgan fingerprint density at radius 2 is 2.23 bits per heavy atom. The van der Waals surface area contributed by atoms with Gasteiger partial charge in [0.25, 0.3) is 0 Å². The molecule has 1 atom stereocenters. The fourth-order valence-corrected chi connectivity index (χ4v) is 2.90. The number of nitrogens with two attached hydrogens (primary N) is 1. The normalized spacial score (nSPS) is 22.3. The number of ether oxygens (including phenoxy) is 1. The number of aliphatic imine (C=N–C) groups is 1. The molecule has 3 heterocycles. The molecule has 0 bridgehead atoms. The molecular weight excluding hydrogens is 278 g/mol. The van der Waals surface area contributed by atoms with Gasteiger partial charge in [0.2, 0.25) is 0 Å². The number of aromatic nitrogens is 1. The van der Waals surface area contributed by atoms with E-state index < -0.39 is 0 Å². The molecule has 22 heavy (non-hydrogen) atoms. The van der Waals surface area contributed by atoms with E-state index in [9.17, 15) is 0 Å². The van der Waals surface area contributed by atoms with E-state index >= 15 is 0 Å². The lowest BCUT2D eigenvalue weighted by molar-refractivity contribution is 0.114. The molecule has 1 unspecified atom stereocenters. The SMILES string of the molecule is NC(=NCc1ccc(N2CCCC2)nc1)NCC1CCCO1. The summed E-state index contributed by atoms with van der Waals surface area (Å²) in [4.78, 5) is 11.2. The fraction of sp³-hybridized carbons (Fsp3) is 0.625. The molecule has 120 valence electrons. The first-order valence-corrected chi connectivity index (χ1v) is 8.16. The predicted octanol–water partition coefficient (Wildman–Crippen LogP) is 1.27. The molecule has 6 heteroatoms. The van der Waals surface area contributed by atoms with Gasteiger partial charge in [-0.25, -0.2) is 9.98 Å². The third kappa shape index (κ3) is 4.10. The highest BCUT2D eigenvalue weighted by atomic mass is 16.5. The lowest BCUT2D eigenvalue weighted by Gasteiger charge is -2.16. The average Bonchev–Trinajstić information content (AvgIpc) is 3.24. The number of guanidine groups is 1. The highest BCUT2D eigenvalue weighted by Gasteiger charge is 2.15. The van der Waals surface area contributed by atoms with Crippen molar-refractivity contribution in [3.8, 4) is 0 Å². The molecule has 0 saturated carbocycles. The van der Waals surface area contributed by atoms with Crippen LogP contribution in [0.3, 0.4) is 0 Å². The van der Waals surface area contributed by atoms with Crippen LogP contribution in [0.25, 0.3) is 0 Å². The molecule has 6 nitrogen and oxygen atoms in total. The van der Waals surface area contributed by atoms with Crippen LogP contribution in [0, 0.1) is 0 Å². The van der Waals surface area contributed by atoms with Crippen LogP contribution in [0.4, 0.5) is 5.82 Å². The van der Waals surface area contributed by atoms with Gasteiger partial charge in [0.1, 0.15) is 5.82 Å². The molecule has 2 saturated heterocycles. The van der Waals surface area contributed by atoms with Crippen molar-refractivity contribution in [2.75, 3.05) is 31.1 Å². The Balaban J connectivity index is 1.46. The van der Waals surface area contributed by atoms with Gasteiger partial charge in [-0.3, -0.25) is 0 Å². The number of hydrogen-bond acceptors (Lipinski definition) is 4. The summed E-state index contributed by atoms with van der Waals surface area (Å²) in [6.45, 7) is 4.38. The van der Waals surface area contributed by atoms with E-state index in [1.54, 1.807) is 0 Å². The summed E-state index contributed by atoms with van der Waals surface area (Å²) in [5.74, 6) is 1.54. The average molecular weight is 303 g/mol. The molecule has 1 aromatic rings. The summed E-state index contributed by atoms with van der Waals surface area (Å²) in [5.41, 5.74) is 6.96. The minimum absolute atomic E-state index is 0.273. The Bertz CT molecular complexity index is 490.